The number of nitrogens with zero attached hydrogens (tertiary/aromatic N) is 1. The van der Waals surface area contributed by atoms with E-state index in [4.69, 9.17) is 9.84 Å². The van der Waals surface area contributed by atoms with E-state index < -0.39 is 0 Å². The van der Waals surface area contributed by atoms with Crippen LogP contribution in [0.5, 0.6) is 5.75 Å². The number of aliphatic hydroxyl groups is 1. The topological polar surface area (TPSA) is 44.7 Å². The highest BCUT2D eigenvalue weighted by molar-refractivity contribution is 5.55. The van der Waals surface area contributed by atoms with E-state index in [0.717, 1.165) is 17.1 Å². The van der Waals surface area contributed by atoms with Gasteiger partial charge >= 0.3 is 0 Å². The first-order valence-electron chi connectivity index (χ1n) is 7.46. The Hall–Kier alpha value is -2.20. The third kappa shape index (κ3) is 4.15. The van der Waals surface area contributed by atoms with Crippen molar-refractivity contribution < 1.29 is 9.84 Å². The van der Waals surface area contributed by atoms with Gasteiger partial charge in [-0.15, -0.1) is 0 Å². The molecule has 0 radical (unpaired) electrons. The molecule has 0 saturated heterocycles. The third-order valence-electron chi connectivity index (χ3n) is 3.74. The van der Waals surface area contributed by atoms with Crippen LogP contribution in [-0.2, 0) is 0 Å². The molecule has 0 spiro atoms. The lowest BCUT2D eigenvalue weighted by molar-refractivity contribution is 0.304. The summed E-state index contributed by atoms with van der Waals surface area (Å²) in [6, 6.07) is 16.5. The Kier molecular flexibility index (Phi) is 5.67. The van der Waals surface area contributed by atoms with E-state index in [-0.39, 0.29) is 12.6 Å². The van der Waals surface area contributed by atoms with Gasteiger partial charge in [0.1, 0.15) is 5.75 Å². The summed E-state index contributed by atoms with van der Waals surface area (Å²) in [6.45, 7) is 2.92. The lowest BCUT2D eigenvalue weighted by atomic mass is 10.1. The van der Waals surface area contributed by atoms with Crippen molar-refractivity contribution in [3.8, 4) is 5.75 Å². The van der Waals surface area contributed by atoms with Crippen LogP contribution in [0.4, 0.5) is 11.4 Å². The van der Waals surface area contributed by atoms with E-state index in [1.165, 1.54) is 5.56 Å². The van der Waals surface area contributed by atoms with E-state index >= 15 is 0 Å². The molecule has 0 aliphatic heterocycles. The summed E-state index contributed by atoms with van der Waals surface area (Å²) < 4.78 is 5.18. The summed E-state index contributed by atoms with van der Waals surface area (Å²) in [5.74, 6) is 0.868. The molecule has 2 aromatic carbocycles. The van der Waals surface area contributed by atoms with Crippen LogP contribution in [0.3, 0.4) is 0 Å². The van der Waals surface area contributed by atoms with E-state index in [1.54, 1.807) is 7.11 Å². The van der Waals surface area contributed by atoms with Crippen LogP contribution in [0.1, 0.15) is 18.5 Å². The lowest BCUT2D eigenvalue weighted by Gasteiger charge is -2.20. The number of hydrogen-bond donors (Lipinski definition) is 2. The summed E-state index contributed by atoms with van der Waals surface area (Å²) in [6.07, 6.45) is 0. The van der Waals surface area contributed by atoms with Crippen LogP contribution in [0.2, 0.25) is 0 Å². The third-order valence-corrected chi connectivity index (χ3v) is 3.74. The van der Waals surface area contributed by atoms with Gasteiger partial charge in [0, 0.05) is 31.0 Å². The van der Waals surface area contributed by atoms with Crippen LogP contribution < -0.4 is 15.0 Å². The Morgan fingerprint density at radius 3 is 2.27 bits per heavy atom. The average Bonchev–Trinajstić information content (AvgIpc) is 2.55. The van der Waals surface area contributed by atoms with Crippen molar-refractivity contribution in [2.45, 2.75) is 13.0 Å². The predicted octanol–water partition coefficient (Wildman–Crippen LogP) is 3.30. The maximum atomic E-state index is 8.97. The fraction of sp³-hybridized carbons (Fsp3) is 0.333. The van der Waals surface area contributed by atoms with Gasteiger partial charge in [-0.1, -0.05) is 12.1 Å². The zero-order valence-corrected chi connectivity index (χ0v) is 13.4. The van der Waals surface area contributed by atoms with Crippen LogP contribution in [0, 0.1) is 0 Å². The molecule has 2 rings (SSSR count). The number of nitrogens with one attached hydrogen (secondary N) is 1. The van der Waals surface area contributed by atoms with Gasteiger partial charge in [0.25, 0.3) is 0 Å². The van der Waals surface area contributed by atoms with Crippen LogP contribution in [0.15, 0.2) is 48.5 Å². The molecule has 0 heterocycles. The van der Waals surface area contributed by atoms with Gasteiger partial charge < -0.3 is 20.1 Å². The van der Waals surface area contributed by atoms with Gasteiger partial charge in [0.15, 0.2) is 0 Å². The lowest BCUT2D eigenvalue weighted by Crippen LogP contribution is -2.20. The maximum absolute atomic E-state index is 8.97. The highest BCUT2D eigenvalue weighted by Gasteiger charge is 2.06. The number of likely N-dealkylation sites (N-methyl/N-ethyl adjacent to an activating group) is 1. The number of anilines is 2. The molecular formula is C18H24N2O2. The molecule has 1 atom stereocenters. The Bertz CT molecular complexity index is 567. The quantitative estimate of drug-likeness (QED) is 0.823. The molecule has 118 valence electrons. The molecule has 4 nitrogen and oxygen atoms in total. The molecule has 4 heteroatoms. The number of ether oxygens (including phenoxy) is 1. The smallest absolute Gasteiger partial charge is 0.118 e. The zero-order valence-electron chi connectivity index (χ0n) is 13.4. The Morgan fingerprint density at radius 2 is 1.73 bits per heavy atom. The van der Waals surface area contributed by atoms with Crippen LogP contribution in [-0.4, -0.2) is 32.4 Å². The van der Waals surface area contributed by atoms with E-state index in [0.29, 0.717) is 6.54 Å². The van der Waals surface area contributed by atoms with E-state index in [2.05, 4.69) is 48.6 Å². The molecule has 2 aromatic rings. The first kappa shape index (κ1) is 16.2. The van der Waals surface area contributed by atoms with Crippen molar-refractivity contribution in [3.05, 3.63) is 54.1 Å². The second-order valence-electron chi connectivity index (χ2n) is 5.33. The van der Waals surface area contributed by atoms with Crippen molar-refractivity contribution >= 4 is 11.4 Å². The van der Waals surface area contributed by atoms with Crippen molar-refractivity contribution in [2.75, 3.05) is 37.5 Å². The van der Waals surface area contributed by atoms with Gasteiger partial charge in [0.2, 0.25) is 0 Å². The second kappa shape index (κ2) is 7.71. The monoisotopic (exact) mass is 300 g/mol. The summed E-state index contributed by atoms with van der Waals surface area (Å²) in [5, 5.41) is 12.5. The normalized spacial score (nSPS) is 11.8. The number of aliphatic hydroxyl groups excluding tert-OH is 1. The summed E-state index contributed by atoms with van der Waals surface area (Å²) >= 11 is 0. The van der Waals surface area contributed by atoms with Gasteiger partial charge in [-0.05, 0) is 48.9 Å². The van der Waals surface area contributed by atoms with E-state index in [1.807, 2.05) is 24.1 Å². The Morgan fingerprint density at radius 1 is 1.09 bits per heavy atom. The molecule has 1 unspecified atom stereocenters. The van der Waals surface area contributed by atoms with Crippen molar-refractivity contribution in [1.82, 2.24) is 0 Å². The predicted molar refractivity (Wildman–Crippen MR) is 91.8 cm³/mol. The number of rotatable bonds is 7. The minimum atomic E-state index is 0.158. The van der Waals surface area contributed by atoms with Gasteiger partial charge in [-0.25, -0.2) is 0 Å². The van der Waals surface area contributed by atoms with Crippen LogP contribution in [0.25, 0.3) is 0 Å². The Labute approximate surface area is 132 Å². The van der Waals surface area contributed by atoms with E-state index in [9.17, 15) is 0 Å². The van der Waals surface area contributed by atoms with Gasteiger partial charge in [-0.2, -0.15) is 0 Å². The fourth-order valence-electron chi connectivity index (χ4n) is 2.32. The SMILES string of the molecule is COc1ccc(C(C)Nc2ccc(N(C)CCO)cc2)cc1. The first-order chi connectivity index (χ1) is 10.6. The number of benzene rings is 2. The molecule has 0 aliphatic rings. The minimum Gasteiger partial charge on any atom is -0.497 e. The molecule has 0 aliphatic carbocycles. The molecule has 0 amide bonds. The molecule has 0 fully saturated rings. The summed E-state index contributed by atoms with van der Waals surface area (Å²) in [4.78, 5) is 2.02. The van der Waals surface area contributed by atoms with Gasteiger partial charge in [0.05, 0.1) is 13.7 Å². The number of methoxy groups -OCH3 is 1. The molecule has 22 heavy (non-hydrogen) atoms. The highest BCUT2D eigenvalue weighted by Crippen LogP contribution is 2.23. The zero-order chi connectivity index (χ0) is 15.9. The van der Waals surface area contributed by atoms with Crippen molar-refractivity contribution in [3.63, 3.8) is 0 Å². The maximum Gasteiger partial charge on any atom is 0.118 e. The Balaban J connectivity index is 2.00. The van der Waals surface area contributed by atoms with Gasteiger partial charge in [-0.3, -0.25) is 0 Å². The minimum absolute atomic E-state index is 0.158. The largest absolute Gasteiger partial charge is 0.497 e. The highest BCUT2D eigenvalue weighted by atomic mass is 16.5. The molecule has 0 aromatic heterocycles. The van der Waals surface area contributed by atoms with Crippen molar-refractivity contribution in [2.24, 2.45) is 0 Å². The van der Waals surface area contributed by atoms with Crippen LogP contribution >= 0.6 is 0 Å². The summed E-state index contributed by atoms with van der Waals surface area (Å²) in [7, 11) is 3.64. The molecule has 2 N–H and O–H groups in total. The molecular weight excluding hydrogens is 276 g/mol. The average molecular weight is 300 g/mol. The standard InChI is InChI=1S/C18H24N2O2/c1-14(15-4-10-18(22-3)11-5-15)19-16-6-8-17(9-7-16)20(2)12-13-21/h4-11,14,19,21H,12-13H2,1-3H3. The molecule has 0 bridgehead atoms. The second-order valence-corrected chi connectivity index (χ2v) is 5.33. The fourth-order valence-corrected chi connectivity index (χ4v) is 2.32. The summed E-state index contributed by atoms with van der Waals surface area (Å²) in [5.41, 5.74) is 3.38. The number of hydrogen-bond acceptors (Lipinski definition) is 4. The van der Waals surface area contributed by atoms with Crippen molar-refractivity contribution in [1.29, 1.82) is 0 Å². The first-order valence-corrected chi connectivity index (χ1v) is 7.46. The molecule has 0 saturated carbocycles.